The minimum atomic E-state index is 0.0647. The van der Waals surface area contributed by atoms with Crippen molar-refractivity contribution in [1.29, 1.82) is 0 Å². The molecule has 1 aliphatic rings. The Morgan fingerprint density at radius 3 is 3.07 bits per heavy atom. The third kappa shape index (κ3) is 3.17. The molecule has 0 aromatic heterocycles. The first-order chi connectivity index (χ1) is 6.74. The third-order valence-corrected chi connectivity index (χ3v) is 1.75. The Kier molecular flexibility index (Phi) is 4.11. The zero-order valence-electron chi connectivity index (χ0n) is 8.49. The fourth-order valence-electron chi connectivity index (χ4n) is 1.09. The van der Waals surface area contributed by atoms with Crippen LogP contribution in [0.1, 0.15) is 26.7 Å². The summed E-state index contributed by atoms with van der Waals surface area (Å²) in [7, 11) is 0. The van der Waals surface area contributed by atoms with Gasteiger partial charge in [-0.15, -0.1) is 0 Å². The predicted octanol–water partition coefficient (Wildman–Crippen LogP) is 2.15. The summed E-state index contributed by atoms with van der Waals surface area (Å²) in [5.41, 5.74) is 1.72. The molecule has 0 aromatic carbocycles. The van der Waals surface area contributed by atoms with E-state index >= 15 is 0 Å². The van der Waals surface area contributed by atoms with Crippen LogP contribution in [0, 0.1) is 0 Å². The van der Waals surface area contributed by atoms with Crippen molar-refractivity contribution in [3.63, 3.8) is 0 Å². The van der Waals surface area contributed by atoms with Crippen LogP contribution in [0.4, 0.5) is 0 Å². The second-order valence-corrected chi connectivity index (χ2v) is 3.34. The lowest BCUT2D eigenvalue weighted by Gasteiger charge is -2.10. The zero-order valence-corrected chi connectivity index (χ0v) is 8.49. The van der Waals surface area contributed by atoms with Crippen LogP contribution in [0.15, 0.2) is 29.0 Å². The molecule has 0 saturated carbocycles. The molecule has 0 aliphatic heterocycles. The highest BCUT2D eigenvalue weighted by Gasteiger charge is 2.09. The van der Waals surface area contributed by atoms with E-state index in [4.69, 9.17) is 4.84 Å². The number of hydrogen-bond donors (Lipinski definition) is 0. The van der Waals surface area contributed by atoms with Gasteiger partial charge in [-0.05, 0) is 19.4 Å². The summed E-state index contributed by atoms with van der Waals surface area (Å²) >= 11 is 0. The number of nitrogens with zero attached hydrogens (tertiary/aromatic N) is 1. The standard InChI is InChI=1S/C11H14NO2/c1-9(2)14-12-11-6-4-3-5-10(11)7-8-13/h3-5,9H,6-7H2,1-2H3. The summed E-state index contributed by atoms with van der Waals surface area (Å²) < 4.78 is 0. The van der Waals surface area contributed by atoms with Gasteiger partial charge in [0, 0.05) is 12.8 Å². The highest BCUT2D eigenvalue weighted by atomic mass is 16.6. The topological polar surface area (TPSA) is 38.7 Å². The number of hydrogen-bond acceptors (Lipinski definition) is 3. The van der Waals surface area contributed by atoms with Gasteiger partial charge in [-0.25, -0.2) is 0 Å². The van der Waals surface area contributed by atoms with E-state index < -0.39 is 0 Å². The lowest BCUT2D eigenvalue weighted by Crippen LogP contribution is -2.08. The number of rotatable bonds is 4. The van der Waals surface area contributed by atoms with Crippen LogP contribution >= 0.6 is 0 Å². The monoisotopic (exact) mass is 192 g/mol. The molecule has 14 heavy (non-hydrogen) atoms. The van der Waals surface area contributed by atoms with Gasteiger partial charge in [0.1, 0.15) is 6.10 Å². The minimum absolute atomic E-state index is 0.0647. The molecule has 3 heteroatoms. The van der Waals surface area contributed by atoms with Crippen LogP contribution in [0.5, 0.6) is 0 Å². The van der Waals surface area contributed by atoms with E-state index in [-0.39, 0.29) is 12.5 Å². The molecule has 1 rings (SSSR count). The molecule has 0 heterocycles. The molecule has 0 bridgehead atoms. The summed E-state index contributed by atoms with van der Waals surface area (Å²) in [6.45, 7) is 3.83. The van der Waals surface area contributed by atoms with E-state index in [1.54, 1.807) is 0 Å². The van der Waals surface area contributed by atoms with Gasteiger partial charge in [0.2, 0.25) is 6.29 Å². The van der Waals surface area contributed by atoms with Crippen LogP contribution in [0.25, 0.3) is 0 Å². The Balaban J connectivity index is 2.67. The maximum Gasteiger partial charge on any atom is 0.203 e. The molecule has 1 radical (unpaired) electrons. The first-order valence-electron chi connectivity index (χ1n) is 4.67. The van der Waals surface area contributed by atoms with Gasteiger partial charge in [0.05, 0.1) is 5.71 Å². The van der Waals surface area contributed by atoms with Crippen LogP contribution in [-0.2, 0) is 9.63 Å². The zero-order chi connectivity index (χ0) is 10.4. The molecule has 3 nitrogen and oxygen atoms in total. The van der Waals surface area contributed by atoms with Gasteiger partial charge >= 0.3 is 0 Å². The molecular weight excluding hydrogens is 178 g/mol. The van der Waals surface area contributed by atoms with E-state index in [0.717, 1.165) is 17.7 Å². The highest BCUT2D eigenvalue weighted by Crippen LogP contribution is 2.13. The Morgan fingerprint density at radius 1 is 1.64 bits per heavy atom. The molecule has 1 aliphatic carbocycles. The average molecular weight is 192 g/mol. The van der Waals surface area contributed by atoms with Crippen molar-refractivity contribution in [2.45, 2.75) is 32.8 Å². The van der Waals surface area contributed by atoms with Crippen molar-refractivity contribution in [1.82, 2.24) is 0 Å². The molecule has 0 N–H and O–H groups in total. The highest BCUT2D eigenvalue weighted by molar-refractivity contribution is 6.03. The summed E-state index contributed by atoms with van der Waals surface area (Å²) in [6.07, 6.45) is 8.71. The molecule has 0 atom stereocenters. The van der Waals surface area contributed by atoms with E-state index in [2.05, 4.69) is 5.16 Å². The number of oxime groups is 1. The Labute approximate surface area is 84.1 Å². The second kappa shape index (κ2) is 5.37. The largest absolute Gasteiger partial charge is 0.393 e. The Hall–Kier alpha value is -1.38. The van der Waals surface area contributed by atoms with Gasteiger partial charge < -0.3 is 4.84 Å². The van der Waals surface area contributed by atoms with E-state index in [1.807, 2.05) is 38.4 Å². The molecule has 0 aromatic rings. The quantitative estimate of drug-likeness (QED) is 0.640. The smallest absolute Gasteiger partial charge is 0.203 e. The summed E-state index contributed by atoms with van der Waals surface area (Å²) in [4.78, 5) is 15.4. The lowest BCUT2D eigenvalue weighted by atomic mass is 10.0. The summed E-state index contributed by atoms with van der Waals surface area (Å²) in [6, 6.07) is 0. The van der Waals surface area contributed by atoms with Crippen LogP contribution in [0.3, 0.4) is 0 Å². The van der Waals surface area contributed by atoms with E-state index in [1.165, 1.54) is 0 Å². The van der Waals surface area contributed by atoms with Crippen LogP contribution < -0.4 is 0 Å². The molecule has 0 saturated heterocycles. The van der Waals surface area contributed by atoms with Crippen molar-refractivity contribution in [2.24, 2.45) is 5.16 Å². The second-order valence-electron chi connectivity index (χ2n) is 3.34. The molecule has 75 valence electrons. The first kappa shape index (κ1) is 10.7. The normalized spacial score (nSPS) is 18.5. The minimum Gasteiger partial charge on any atom is -0.393 e. The summed E-state index contributed by atoms with van der Waals surface area (Å²) in [5.74, 6) is 0. The molecule has 0 unspecified atom stereocenters. The van der Waals surface area contributed by atoms with Crippen LogP contribution in [0.2, 0.25) is 0 Å². The van der Waals surface area contributed by atoms with E-state index in [9.17, 15) is 4.79 Å². The fourth-order valence-corrected chi connectivity index (χ4v) is 1.09. The maximum atomic E-state index is 10.3. The molecule has 0 fully saturated rings. The Morgan fingerprint density at radius 2 is 2.43 bits per heavy atom. The van der Waals surface area contributed by atoms with Gasteiger partial charge in [0.15, 0.2) is 0 Å². The third-order valence-electron chi connectivity index (χ3n) is 1.75. The van der Waals surface area contributed by atoms with Crippen molar-refractivity contribution in [3.05, 3.63) is 23.8 Å². The maximum absolute atomic E-state index is 10.3. The van der Waals surface area contributed by atoms with E-state index in [0.29, 0.717) is 0 Å². The van der Waals surface area contributed by atoms with Gasteiger partial charge in [-0.3, -0.25) is 4.79 Å². The van der Waals surface area contributed by atoms with Crippen LogP contribution in [-0.4, -0.2) is 18.1 Å². The van der Waals surface area contributed by atoms with Crippen molar-refractivity contribution >= 4 is 12.0 Å². The van der Waals surface area contributed by atoms with Crippen molar-refractivity contribution in [3.8, 4) is 0 Å². The molecular formula is C11H14NO2. The fraction of sp³-hybridized carbons (Fsp3) is 0.455. The predicted molar refractivity (Wildman–Crippen MR) is 55.8 cm³/mol. The Bertz CT molecular complexity index is 288. The molecule has 0 spiro atoms. The number of allylic oxidation sites excluding steroid dienone is 4. The molecule has 0 amide bonds. The average Bonchev–Trinajstić information content (AvgIpc) is 2.17. The van der Waals surface area contributed by atoms with Gasteiger partial charge in [0.25, 0.3) is 0 Å². The van der Waals surface area contributed by atoms with Crippen molar-refractivity contribution in [2.75, 3.05) is 0 Å². The van der Waals surface area contributed by atoms with Gasteiger partial charge in [-0.1, -0.05) is 23.4 Å². The lowest BCUT2D eigenvalue weighted by molar-refractivity contribution is 0.0857. The number of carbonyl (C=O) groups excluding carboxylic acids is 1. The summed E-state index contributed by atoms with van der Waals surface area (Å²) in [5, 5.41) is 4.00. The van der Waals surface area contributed by atoms with Gasteiger partial charge in [-0.2, -0.15) is 0 Å². The SMILES string of the molecule is CC(C)ON=C1CC=CC=C1C[C]=O. The van der Waals surface area contributed by atoms with Crippen molar-refractivity contribution < 1.29 is 9.63 Å². The first-order valence-corrected chi connectivity index (χ1v) is 4.67.